The molecular formula is C12H10ClN5O2S. The van der Waals surface area contributed by atoms with Crippen LogP contribution in [0.15, 0.2) is 47.5 Å². The normalized spacial score (nSPS) is 11.7. The van der Waals surface area contributed by atoms with Crippen molar-refractivity contribution in [1.29, 1.82) is 0 Å². The van der Waals surface area contributed by atoms with Crippen molar-refractivity contribution in [2.75, 3.05) is 5.43 Å². The SMILES string of the molecule is NNc1nc(Cl)nc2c1ccn2S(=O)(=O)c1ccccc1. The third kappa shape index (κ3) is 2.23. The van der Waals surface area contributed by atoms with Crippen LogP contribution in [-0.4, -0.2) is 22.4 Å². The molecule has 7 nitrogen and oxygen atoms in total. The van der Waals surface area contributed by atoms with E-state index >= 15 is 0 Å². The summed E-state index contributed by atoms with van der Waals surface area (Å²) in [4.78, 5) is 8.03. The molecule has 0 fully saturated rings. The predicted molar refractivity (Wildman–Crippen MR) is 79.4 cm³/mol. The first-order valence-corrected chi connectivity index (χ1v) is 7.67. The van der Waals surface area contributed by atoms with Gasteiger partial charge in [-0.2, -0.15) is 9.97 Å². The number of nitrogens with two attached hydrogens (primary N) is 1. The quantitative estimate of drug-likeness (QED) is 0.431. The van der Waals surface area contributed by atoms with Crippen LogP contribution in [0.3, 0.4) is 0 Å². The highest BCUT2D eigenvalue weighted by Gasteiger charge is 2.21. The van der Waals surface area contributed by atoms with E-state index in [4.69, 9.17) is 17.4 Å². The zero-order chi connectivity index (χ0) is 15.0. The number of nitrogens with zero attached hydrogens (tertiary/aromatic N) is 3. The van der Waals surface area contributed by atoms with Gasteiger partial charge in [0.15, 0.2) is 11.5 Å². The van der Waals surface area contributed by atoms with Gasteiger partial charge in [0.1, 0.15) is 0 Å². The van der Waals surface area contributed by atoms with E-state index < -0.39 is 10.0 Å². The second-order valence-electron chi connectivity index (χ2n) is 4.15. The van der Waals surface area contributed by atoms with Gasteiger partial charge in [-0.1, -0.05) is 18.2 Å². The van der Waals surface area contributed by atoms with Crippen LogP contribution in [0.1, 0.15) is 0 Å². The molecule has 108 valence electrons. The van der Waals surface area contributed by atoms with Crippen molar-refractivity contribution in [3.63, 3.8) is 0 Å². The Morgan fingerprint density at radius 2 is 1.86 bits per heavy atom. The number of fused-ring (bicyclic) bond motifs is 1. The Morgan fingerprint density at radius 3 is 2.52 bits per heavy atom. The van der Waals surface area contributed by atoms with Gasteiger partial charge < -0.3 is 5.43 Å². The molecule has 0 amide bonds. The Balaban J connectivity index is 2.29. The Hall–Kier alpha value is -2.16. The van der Waals surface area contributed by atoms with E-state index in [9.17, 15) is 8.42 Å². The first-order chi connectivity index (χ1) is 10.0. The second kappa shape index (κ2) is 4.99. The maximum atomic E-state index is 12.6. The lowest BCUT2D eigenvalue weighted by Crippen LogP contribution is -2.13. The molecule has 1 aromatic carbocycles. The Labute approximate surface area is 125 Å². The minimum atomic E-state index is -3.76. The van der Waals surface area contributed by atoms with Crippen LogP contribution >= 0.6 is 11.6 Å². The Kier molecular flexibility index (Phi) is 3.28. The van der Waals surface area contributed by atoms with Crippen LogP contribution in [0.25, 0.3) is 11.0 Å². The zero-order valence-corrected chi connectivity index (χ0v) is 12.1. The molecule has 0 saturated heterocycles. The summed E-state index contributed by atoms with van der Waals surface area (Å²) >= 11 is 5.80. The van der Waals surface area contributed by atoms with E-state index in [-0.39, 0.29) is 21.6 Å². The number of nitrogen functional groups attached to an aromatic ring is 1. The highest BCUT2D eigenvalue weighted by molar-refractivity contribution is 7.90. The molecule has 3 N–H and O–H groups in total. The van der Waals surface area contributed by atoms with Crippen molar-refractivity contribution in [1.82, 2.24) is 13.9 Å². The molecule has 0 radical (unpaired) electrons. The summed E-state index contributed by atoms with van der Waals surface area (Å²) in [5.41, 5.74) is 2.53. The molecule has 0 unspecified atom stereocenters. The van der Waals surface area contributed by atoms with E-state index in [1.807, 2.05) is 0 Å². The van der Waals surface area contributed by atoms with Gasteiger partial charge in [0.2, 0.25) is 5.28 Å². The number of rotatable bonds is 3. The topological polar surface area (TPSA) is 103 Å². The van der Waals surface area contributed by atoms with E-state index in [1.54, 1.807) is 24.3 Å². The molecule has 2 aromatic heterocycles. The fourth-order valence-corrected chi connectivity index (χ4v) is 3.46. The van der Waals surface area contributed by atoms with Crippen molar-refractivity contribution in [2.45, 2.75) is 4.90 Å². The van der Waals surface area contributed by atoms with Gasteiger partial charge in [0.25, 0.3) is 10.0 Å². The number of hydrazine groups is 1. The number of aromatic nitrogens is 3. The number of nitrogens with one attached hydrogen (secondary N) is 1. The fourth-order valence-electron chi connectivity index (χ4n) is 1.98. The number of halogens is 1. The second-order valence-corrected chi connectivity index (χ2v) is 6.31. The summed E-state index contributed by atoms with van der Waals surface area (Å²) in [6, 6.07) is 9.60. The maximum absolute atomic E-state index is 12.6. The van der Waals surface area contributed by atoms with Crippen LogP contribution in [0.4, 0.5) is 5.82 Å². The van der Waals surface area contributed by atoms with Gasteiger partial charge in [-0.3, -0.25) is 0 Å². The van der Waals surface area contributed by atoms with E-state index in [2.05, 4.69) is 15.4 Å². The van der Waals surface area contributed by atoms with Crippen LogP contribution < -0.4 is 11.3 Å². The molecule has 21 heavy (non-hydrogen) atoms. The lowest BCUT2D eigenvalue weighted by molar-refractivity contribution is 0.589. The summed E-state index contributed by atoms with van der Waals surface area (Å²) in [7, 11) is -3.76. The van der Waals surface area contributed by atoms with Crippen molar-refractivity contribution in [3.8, 4) is 0 Å². The van der Waals surface area contributed by atoms with Crippen LogP contribution in [0.5, 0.6) is 0 Å². The minimum Gasteiger partial charge on any atom is -0.308 e. The van der Waals surface area contributed by atoms with E-state index in [0.717, 1.165) is 3.97 Å². The summed E-state index contributed by atoms with van der Waals surface area (Å²) in [6.07, 6.45) is 1.39. The fraction of sp³-hybridized carbons (Fsp3) is 0. The molecule has 0 aliphatic rings. The van der Waals surface area contributed by atoms with Gasteiger partial charge in [-0.15, -0.1) is 0 Å². The largest absolute Gasteiger partial charge is 0.308 e. The lowest BCUT2D eigenvalue weighted by Gasteiger charge is -2.07. The van der Waals surface area contributed by atoms with Crippen LogP contribution in [-0.2, 0) is 10.0 Å². The van der Waals surface area contributed by atoms with Crippen molar-refractivity contribution in [2.24, 2.45) is 5.84 Å². The Morgan fingerprint density at radius 1 is 1.14 bits per heavy atom. The molecule has 9 heteroatoms. The summed E-state index contributed by atoms with van der Waals surface area (Å²) < 4.78 is 26.3. The van der Waals surface area contributed by atoms with Gasteiger partial charge in [0.05, 0.1) is 10.3 Å². The van der Waals surface area contributed by atoms with Gasteiger partial charge in [0, 0.05) is 6.20 Å². The summed E-state index contributed by atoms with van der Waals surface area (Å²) in [6.45, 7) is 0. The van der Waals surface area contributed by atoms with Crippen LogP contribution in [0, 0.1) is 0 Å². The van der Waals surface area contributed by atoms with E-state index in [0.29, 0.717) is 5.39 Å². The number of anilines is 1. The zero-order valence-electron chi connectivity index (χ0n) is 10.6. The molecule has 0 aliphatic carbocycles. The third-order valence-corrected chi connectivity index (χ3v) is 4.77. The number of hydrogen-bond acceptors (Lipinski definition) is 6. The van der Waals surface area contributed by atoms with Crippen molar-refractivity contribution in [3.05, 3.63) is 47.9 Å². The Bertz CT molecular complexity index is 908. The first kappa shape index (κ1) is 13.8. The molecular weight excluding hydrogens is 314 g/mol. The molecule has 0 bridgehead atoms. The molecule has 0 atom stereocenters. The van der Waals surface area contributed by atoms with Gasteiger partial charge in [-0.25, -0.2) is 18.2 Å². The van der Waals surface area contributed by atoms with Crippen molar-refractivity contribution < 1.29 is 8.42 Å². The average molecular weight is 324 g/mol. The van der Waals surface area contributed by atoms with Gasteiger partial charge >= 0.3 is 0 Å². The first-order valence-electron chi connectivity index (χ1n) is 5.86. The molecule has 0 aliphatic heterocycles. The van der Waals surface area contributed by atoms with Crippen LogP contribution in [0.2, 0.25) is 5.28 Å². The molecule has 3 rings (SSSR count). The summed E-state index contributed by atoms with van der Waals surface area (Å²) in [5, 5.41) is 0.361. The maximum Gasteiger partial charge on any atom is 0.269 e. The average Bonchev–Trinajstić information content (AvgIpc) is 2.91. The molecule has 3 aromatic rings. The standard InChI is InChI=1S/C12H10ClN5O2S/c13-12-15-10(17-14)9-6-7-18(11(9)16-12)21(19,20)8-4-2-1-3-5-8/h1-7H,14H2,(H,15,16,17). The monoisotopic (exact) mass is 323 g/mol. The summed E-state index contributed by atoms with van der Waals surface area (Å²) in [5.74, 6) is 5.61. The predicted octanol–water partition coefficient (Wildman–Crippen LogP) is 1.61. The highest BCUT2D eigenvalue weighted by atomic mass is 35.5. The van der Waals surface area contributed by atoms with Gasteiger partial charge in [-0.05, 0) is 29.8 Å². The third-order valence-electron chi connectivity index (χ3n) is 2.92. The molecule has 0 saturated carbocycles. The highest BCUT2D eigenvalue weighted by Crippen LogP contribution is 2.25. The molecule has 2 heterocycles. The minimum absolute atomic E-state index is 0.0985. The van der Waals surface area contributed by atoms with Crippen molar-refractivity contribution >= 4 is 38.5 Å². The number of benzene rings is 1. The smallest absolute Gasteiger partial charge is 0.269 e. The van der Waals surface area contributed by atoms with E-state index in [1.165, 1.54) is 18.3 Å². The molecule has 0 spiro atoms. The number of hydrogen-bond donors (Lipinski definition) is 2. The lowest BCUT2D eigenvalue weighted by atomic mass is 10.4.